The Morgan fingerprint density at radius 1 is 0.833 bits per heavy atom. The SMILES string of the molecule is O=C(/C=C/c1cccc(Cl)c1)C1c2ccccc2-c2ccccc21. The van der Waals surface area contributed by atoms with Crippen LogP contribution in [0.25, 0.3) is 17.2 Å². The van der Waals surface area contributed by atoms with Crippen LogP contribution < -0.4 is 0 Å². The summed E-state index contributed by atoms with van der Waals surface area (Å²) in [6, 6.07) is 23.8. The summed E-state index contributed by atoms with van der Waals surface area (Å²) in [4.78, 5) is 12.9. The monoisotopic (exact) mass is 330 g/mol. The molecule has 1 aliphatic carbocycles. The number of rotatable bonds is 3. The van der Waals surface area contributed by atoms with Crippen LogP contribution in [0.5, 0.6) is 0 Å². The lowest BCUT2D eigenvalue weighted by Crippen LogP contribution is -2.08. The standard InChI is InChI=1S/C22H15ClO/c23-16-7-5-6-15(14-16)12-13-21(24)22-19-10-3-1-8-17(19)18-9-2-4-11-20(18)22/h1-14,22H/b13-12+. The minimum atomic E-state index is -0.229. The Labute approximate surface area is 146 Å². The van der Waals surface area contributed by atoms with Crippen molar-refractivity contribution in [3.8, 4) is 11.1 Å². The molecule has 0 aromatic heterocycles. The average molecular weight is 331 g/mol. The van der Waals surface area contributed by atoms with Crippen LogP contribution >= 0.6 is 11.6 Å². The molecule has 1 nitrogen and oxygen atoms in total. The van der Waals surface area contributed by atoms with Crippen molar-refractivity contribution >= 4 is 23.5 Å². The van der Waals surface area contributed by atoms with Crippen LogP contribution in [0.4, 0.5) is 0 Å². The Morgan fingerprint density at radius 2 is 1.46 bits per heavy atom. The lowest BCUT2D eigenvalue weighted by molar-refractivity contribution is -0.115. The van der Waals surface area contributed by atoms with Gasteiger partial charge in [-0.3, -0.25) is 4.79 Å². The molecule has 116 valence electrons. The maximum absolute atomic E-state index is 12.9. The van der Waals surface area contributed by atoms with E-state index in [1.807, 2.05) is 66.7 Å². The normalized spacial score (nSPS) is 13.0. The highest BCUT2D eigenvalue weighted by Gasteiger charge is 2.31. The van der Waals surface area contributed by atoms with Crippen molar-refractivity contribution in [2.75, 3.05) is 0 Å². The summed E-state index contributed by atoms with van der Waals surface area (Å²) >= 11 is 6.00. The molecule has 3 aromatic rings. The fourth-order valence-corrected chi connectivity index (χ4v) is 3.55. The molecular weight excluding hydrogens is 316 g/mol. The minimum absolute atomic E-state index is 0.0902. The van der Waals surface area contributed by atoms with Crippen LogP contribution in [0, 0.1) is 0 Å². The number of hydrogen-bond donors (Lipinski definition) is 0. The van der Waals surface area contributed by atoms with Crippen molar-refractivity contribution in [2.24, 2.45) is 0 Å². The van der Waals surface area contributed by atoms with E-state index in [1.165, 1.54) is 0 Å². The van der Waals surface area contributed by atoms with Gasteiger partial charge in [0.25, 0.3) is 0 Å². The number of allylic oxidation sites excluding steroid dienone is 1. The number of halogens is 1. The predicted molar refractivity (Wildman–Crippen MR) is 99.2 cm³/mol. The summed E-state index contributed by atoms with van der Waals surface area (Å²) in [6.45, 7) is 0. The largest absolute Gasteiger partial charge is 0.294 e. The molecule has 24 heavy (non-hydrogen) atoms. The van der Waals surface area contributed by atoms with Crippen molar-refractivity contribution in [2.45, 2.75) is 5.92 Å². The van der Waals surface area contributed by atoms with Crippen LogP contribution in [0.2, 0.25) is 5.02 Å². The molecule has 0 bridgehead atoms. The van der Waals surface area contributed by atoms with E-state index in [4.69, 9.17) is 11.6 Å². The third kappa shape index (κ3) is 2.57. The van der Waals surface area contributed by atoms with Gasteiger partial charge in [0.1, 0.15) is 0 Å². The first kappa shape index (κ1) is 14.9. The third-order valence-electron chi connectivity index (χ3n) is 4.41. The lowest BCUT2D eigenvalue weighted by Gasteiger charge is -2.09. The molecule has 0 aliphatic heterocycles. The van der Waals surface area contributed by atoms with Crippen LogP contribution in [-0.4, -0.2) is 5.78 Å². The van der Waals surface area contributed by atoms with E-state index in [9.17, 15) is 4.79 Å². The van der Waals surface area contributed by atoms with E-state index in [0.717, 1.165) is 27.8 Å². The molecule has 0 unspecified atom stereocenters. The molecule has 2 heteroatoms. The van der Waals surface area contributed by atoms with Gasteiger partial charge in [-0.05, 0) is 46.0 Å². The van der Waals surface area contributed by atoms with Crippen LogP contribution in [0.1, 0.15) is 22.6 Å². The van der Waals surface area contributed by atoms with Gasteiger partial charge in [0.2, 0.25) is 0 Å². The molecule has 0 saturated carbocycles. The Bertz CT molecular complexity index is 910. The second-order valence-electron chi connectivity index (χ2n) is 5.90. The molecule has 1 aliphatic rings. The summed E-state index contributed by atoms with van der Waals surface area (Å²) in [5.74, 6) is -0.139. The zero-order chi connectivity index (χ0) is 16.5. The summed E-state index contributed by atoms with van der Waals surface area (Å²) in [7, 11) is 0. The number of hydrogen-bond acceptors (Lipinski definition) is 1. The first-order chi connectivity index (χ1) is 11.7. The molecule has 3 aromatic carbocycles. The Balaban J connectivity index is 1.72. The van der Waals surface area contributed by atoms with E-state index < -0.39 is 0 Å². The number of fused-ring (bicyclic) bond motifs is 3. The highest BCUT2D eigenvalue weighted by molar-refractivity contribution is 6.30. The Hall–Kier alpha value is -2.64. The topological polar surface area (TPSA) is 17.1 Å². The minimum Gasteiger partial charge on any atom is -0.294 e. The van der Waals surface area contributed by atoms with Crippen LogP contribution in [0.3, 0.4) is 0 Å². The molecule has 0 heterocycles. The quantitative estimate of drug-likeness (QED) is 0.560. The van der Waals surface area contributed by atoms with E-state index in [1.54, 1.807) is 6.08 Å². The van der Waals surface area contributed by atoms with Crippen molar-refractivity contribution < 1.29 is 4.79 Å². The van der Waals surface area contributed by atoms with Gasteiger partial charge in [0, 0.05) is 5.02 Å². The fourth-order valence-electron chi connectivity index (χ4n) is 3.35. The van der Waals surface area contributed by atoms with Crippen LogP contribution in [0.15, 0.2) is 78.9 Å². The van der Waals surface area contributed by atoms with Crippen molar-refractivity contribution in [1.29, 1.82) is 0 Å². The second-order valence-corrected chi connectivity index (χ2v) is 6.33. The van der Waals surface area contributed by atoms with Crippen molar-refractivity contribution in [3.63, 3.8) is 0 Å². The van der Waals surface area contributed by atoms with Gasteiger partial charge in [-0.1, -0.05) is 78.3 Å². The van der Waals surface area contributed by atoms with E-state index in [2.05, 4.69) is 12.1 Å². The molecule has 0 N–H and O–H groups in total. The number of carbonyl (C=O) groups is 1. The van der Waals surface area contributed by atoms with Gasteiger partial charge < -0.3 is 0 Å². The number of benzene rings is 3. The third-order valence-corrected chi connectivity index (χ3v) is 4.64. The number of ketones is 1. The highest BCUT2D eigenvalue weighted by atomic mass is 35.5. The van der Waals surface area contributed by atoms with Crippen molar-refractivity contribution in [1.82, 2.24) is 0 Å². The molecule has 0 atom stereocenters. The van der Waals surface area contributed by atoms with Gasteiger partial charge in [-0.25, -0.2) is 0 Å². The fraction of sp³-hybridized carbons (Fsp3) is 0.0455. The van der Waals surface area contributed by atoms with E-state index >= 15 is 0 Å². The average Bonchev–Trinajstić information content (AvgIpc) is 2.94. The maximum atomic E-state index is 12.9. The highest BCUT2D eigenvalue weighted by Crippen LogP contribution is 2.45. The second kappa shape index (κ2) is 6.10. The van der Waals surface area contributed by atoms with Crippen LogP contribution in [-0.2, 0) is 4.79 Å². The predicted octanol–water partition coefficient (Wildman–Crippen LogP) is 5.73. The molecule has 0 amide bonds. The Morgan fingerprint density at radius 3 is 2.08 bits per heavy atom. The Kier molecular flexibility index (Phi) is 3.79. The van der Waals surface area contributed by atoms with Crippen molar-refractivity contribution in [3.05, 3.63) is 101 Å². The smallest absolute Gasteiger partial charge is 0.167 e. The van der Waals surface area contributed by atoms with Gasteiger partial charge in [-0.2, -0.15) is 0 Å². The summed E-state index contributed by atoms with van der Waals surface area (Å²) in [5, 5.41) is 0.668. The number of carbonyl (C=O) groups excluding carboxylic acids is 1. The molecule has 4 rings (SSSR count). The summed E-state index contributed by atoms with van der Waals surface area (Å²) in [5.41, 5.74) is 5.40. The zero-order valence-electron chi connectivity index (χ0n) is 12.9. The first-order valence-corrected chi connectivity index (χ1v) is 8.27. The summed E-state index contributed by atoms with van der Waals surface area (Å²) < 4.78 is 0. The van der Waals surface area contributed by atoms with Gasteiger partial charge >= 0.3 is 0 Å². The van der Waals surface area contributed by atoms with E-state index in [0.29, 0.717) is 5.02 Å². The lowest BCUT2D eigenvalue weighted by atomic mass is 9.92. The summed E-state index contributed by atoms with van der Waals surface area (Å²) in [6.07, 6.45) is 3.49. The van der Waals surface area contributed by atoms with E-state index in [-0.39, 0.29) is 11.7 Å². The first-order valence-electron chi connectivity index (χ1n) is 7.90. The maximum Gasteiger partial charge on any atom is 0.167 e. The zero-order valence-corrected chi connectivity index (χ0v) is 13.7. The van der Waals surface area contributed by atoms with Gasteiger partial charge in [0.05, 0.1) is 5.92 Å². The molecule has 0 saturated heterocycles. The molecule has 0 radical (unpaired) electrons. The molecule has 0 spiro atoms. The van der Waals surface area contributed by atoms with Gasteiger partial charge in [0.15, 0.2) is 5.78 Å². The molecular formula is C22H15ClO. The van der Waals surface area contributed by atoms with Gasteiger partial charge in [-0.15, -0.1) is 0 Å². The molecule has 0 fully saturated rings.